The van der Waals surface area contributed by atoms with Gasteiger partial charge in [-0.1, -0.05) is 0 Å². The summed E-state index contributed by atoms with van der Waals surface area (Å²) in [4.78, 5) is 28.4. The molecule has 0 N–H and O–H groups in total. The predicted molar refractivity (Wildman–Crippen MR) is 79.1 cm³/mol. The number of nitro benzene ring substituents is 1. The van der Waals surface area contributed by atoms with Crippen LogP contribution in [-0.2, 0) is 6.18 Å². The SMILES string of the molecule is Cc1cc(Oc2cc(C=O)ccc2[N+](=O)[O-])n2nc(C(F)(F)F)nc2n1. The smallest absolute Gasteiger partial charge is 0.432 e. The summed E-state index contributed by atoms with van der Waals surface area (Å²) in [7, 11) is 0. The number of benzene rings is 1. The van der Waals surface area contributed by atoms with Gasteiger partial charge >= 0.3 is 11.9 Å². The minimum absolute atomic E-state index is 0.0854. The minimum Gasteiger partial charge on any atom is -0.432 e. The van der Waals surface area contributed by atoms with Gasteiger partial charge in [0.1, 0.15) is 6.29 Å². The number of aromatic nitrogens is 4. The van der Waals surface area contributed by atoms with Gasteiger partial charge in [-0.3, -0.25) is 14.9 Å². The van der Waals surface area contributed by atoms with Gasteiger partial charge in [-0.25, -0.2) is 4.98 Å². The lowest BCUT2D eigenvalue weighted by atomic mass is 10.2. The number of hydrogen-bond acceptors (Lipinski definition) is 7. The lowest BCUT2D eigenvalue weighted by Crippen LogP contribution is -2.08. The van der Waals surface area contributed by atoms with Crippen molar-refractivity contribution in [3.8, 4) is 11.6 Å². The van der Waals surface area contributed by atoms with Gasteiger partial charge in [0.05, 0.1) is 4.92 Å². The molecule has 0 aliphatic heterocycles. The van der Waals surface area contributed by atoms with Gasteiger partial charge in [-0.05, 0) is 19.1 Å². The summed E-state index contributed by atoms with van der Waals surface area (Å²) in [6.45, 7) is 1.48. The number of ether oxygens (including phenoxy) is 1. The molecule has 0 aliphatic rings. The number of carbonyl (C=O) groups excluding carboxylic acids is 1. The van der Waals surface area contributed by atoms with Crippen molar-refractivity contribution in [2.24, 2.45) is 0 Å². The van der Waals surface area contributed by atoms with E-state index >= 15 is 0 Å². The van der Waals surface area contributed by atoms with Gasteiger partial charge in [0.2, 0.25) is 11.6 Å². The van der Waals surface area contributed by atoms with Crippen molar-refractivity contribution in [1.82, 2.24) is 19.6 Å². The zero-order valence-electron chi connectivity index (χ0n) is 12.9. The van der Waals surface area contributed by atoms with Gasteiger partial charge in [0.15, 0.2) is 0 Å². The van der Waals surface area contributed by atoms with Crippen molar-refractivity contribution in [3.63, 3.8) is 0 Å². The molecule has 0 radical (unpaired) electrons. The largest absolute Gasteiger partial charge is 0.453 e. The van der Waals surface area contributed by atoms with Crippen LogP contribution in [0.4, 0.5) is 18.9 Å². The molecule has 3 rings (SSSR count). The fourth-order valence-electron chi connectivity index (χ4n) is 2.10. The molecule has 2 heterocycles. The molecule has 12 heteroatoms. The Bertz CT molecular complexity index is 1030. The predicted octanol–water partition coefficient (Wildman–Crippen LogP) is 2.96. The second kappa shape index (κ2) is 6.06. The van der Waals surface area contributed by atoms with Crippen LogP contribution in [0, 0.1) is 17.0 Å². The highest BCUT2D eigenvalue weighted by Crippen LogP contribution is 2.33. The van der Waals surface area contributed by atoms with E-state index in [4.69, 9.17) is 4.74 Å². The van der Waals surface area contributed by atoms with E-state index in [9.17, 15) is 28.1 Å². The molecule has 0 unspecified atom stereocenters. The zero-order chi connectivity index (χ0) is 19.1. The summed E-state index contributed by atoms with van der Waals surface area (Å²) in [5.74, 6) is -2.43. The van der Waals surface area contributed by atoms with Crippen LogP contribution in [0.3, 0.4) is 0 Å². The third-order valence-electron chi connectivity index (χ3n) is 3.19. The third-order valence-corrected chi connectivity index (χ3v) is 3.19. The van der Waals surface area contributed by atoms with Crippen LogP contribution in [0.25, 0.3) is 5.78 Å². The highest BCUT2D eigenvalue weighted by molar-refractivity contribution is 5.77. The van der Waals surface area contributed by atoms with Crippen LogP contribution in [-0.4, -0.2) is 30.8 Å². The molecule has 3 aromatic rings. The van der Waals surface area contributed by atoms with E-state index < -0.39 is 22.6 Å². The van der Waals surface area contributed by atoms with Crippen molar-refractivity contribution in [3.05, 3.63) is 51.5 Å². The first-order valence-corrected chi connectivity index (χ1v) is 6.92. The quantitative estimate of drug-likeness (QED) is 0.396. The maximum Gasteiger partial charge on any atom is 0.453 e. The fraction of sp³-hybridized carbons (Fsp3) is 0.143. The van der Waals surface area contributed by atoms with E-state index in [2.05, 4.69) is 15.1 Å². The Morgan fingerprint density at radius 1 is 1.27 bits per heavy atom. The second-order valence-corrected chi connectivity index (χ2v) is 5.08. The maximum absolute atomic E-state index is 12.8. The number of nitro groups is 1. The molecule has 0 saturated carbocycles. The van der Waals surface area contributed by atoms with Gasteiger partial charge in [-0.15, -0.1) is 5.10 Å². The topological polar surface area (TPSA) is 113 Å². The molecule has 0 fully saturated rings. The lowest BCUT2D eigenvalue weighted by molar-refractivity contribution is -0.385. The van der Waals surface area contributed by atoms with Crippen molar-refractivity contribution >= 4 is 17.8 Å². The molecule has 0 aliphatic carbocycles. The maximum atomic E-state index is 12.8. The van der Waals surface area contributed by atoms with Gasteiger partial charge in [0.25, 0.3) is 11.6 Å². The summed E-state index contributed by atoms with van der Waals surface area (Å²) in [6.07, 6.45) is -4.36. The first kappa shape index (κ1) is 17.3. The monoisotopic (exact) mass is 367 g/mol. The summed E-state index contributed by atoms with van der Waals surface area (Å²) < 4.78 is 44.5. The second-order valence-electron chi connectivity index (χ2n) is 5.08. The first-order chi connectivity index (χ1) is 12.2. The molecule has 0 amide bonds. The van der Waals surface area contributed by atoms with E-state index in [0.29, 0.717) is 10.8 Å². The van der Waals surface area contributed by atoms with Crippen LogP contribution >= 0.6 is 0 Å². The number of nitrogens with zero attached hydrogens (tertiary/aromatic N) is 5. The number of aryl methyl sites for hydroxylation is 1. The van der Waals surface area contributed by atoms with Crippen molar-refractivity contribution < 1.29 is 27.6 Å². The van der Waals surface area contributed by atoms with E-state index in [0.717, 1.165) is 12.1 Å². The first-order valence-electron chi connectivity index (χ1n) is 6.92. The van der Waals surface area contributed by atoms with Gasteiger partial charge in [-0.2, -0.15) is 22.7 Å². The van der Waals surface area contributed by atoms with Crippen molar-refractivity contribution in [2.45, 2.75) is 13.1 Å². The highest BCUT2D eigenvalue weighted by Gasteiger charge is 2.37. The summed E-state index contributed by atoms with van der Waals surface area (Å²) in [5, 5.41) is 14.4. The van der Waals surface area contributed by atoms with E-state index in [1.54, 1.807) is 0 Å². The number of alkyl halides is 3. The molecular weight excluding hydrogens is 359 g/mol. The molecule has 0 atom stereocenters. The van der Waals surface area contributed by atoms with Gasteiger partial charge in [0, 0.05) is 23.4 Å². The molecule has 9 nitrogen and oxygen atoms in total. The zero-order valence-corrected chi connectivity index (χ0v) is 12.9. The Labute approximate surface area is 142 Å². The molecule has 0 spiro atoms. The van der Waals surface area contributed by atoms with E-state index in [1.807, 2.05) is 0 Å². The Kier molecular flexibility index (Phi) is 4.02. The fourth-order valence-corrected chi connectivity index (χ4v) is 2.10. The number of fused-ring (bicyclic) bond motifs is 1. The molecular formula is C14H8F3N5O4. The van der Waals surface area contributed by atoms with Crippen LogP contribution < -0.4 is 4.74 Å². The van der Waals surface area contributed by atoms with Crippen molar-refractivity contribution in [1.29, 1.82) is 0 Å². The molecule has 134 valence electrons. The van der Waals surface area contributed by atoms with E-state index in [-0.39, 0.29) is 28.7 Å². The molecule has 1 aromatic carbocycles. The van der Waals surface area contributed by atoms with Crippen LogP contribution in [0.1, 0.15) is 21.9 Å². The normalized spacial score (nSPS) is 11.5. The Morgan fingerprint density at radius 2 is 2.00 bits per heavy atom. The number of rotatable bonds is 4. The molecule has 2 aromatic heterocycles. The Balaban J connectivity index is 2.16. The number of carbonyl (C=O) groups is 1. The summed E-state index contributed by atoms with van der Waals surface area (Å²) in [6, 6.07) is 4.59. The standard InChI is InChI=1S/C14H8F3N5O4/c1-7-4-11(21-13(18-7)19-12(20-21)14(15,16)17)26-10-5-8(6-23)2-3-9(10)22(24)25/h2-6H,1H3. The number of aldehydes is 1. The lowest BCUT2D eigenvalue weighted by Gasteiger charge is -2.08. The minimum atomic E-state index is -4.80. The third kappa shape index (κ3) is 3.16. The van der Waals surface area contributed by atoms with Crippen molar-refractivity contribution in [2.75, 3.05) is 0 Å². The Morgan fingerprint density at radius 3 is 2.62 bits per heavy atom. The van der Waals surface area contributed by atoms with Crippen LogP contribution in [0.2, 0.25) is 0 Å². The van der Waals surface area contributed by atoms with Gasteiger partial charge < -0.3 is 4.74 Å². The number of halogens is 3. The summed E-state index contributed by atoms with van der Waals surface area (Å²) in [5.41, 5.74) is -0.139. The Hall–Kier alpha value is -3.57. The molecule has 0 bridgehead atoms. The van der Waals surface area contributed by atoms with Crippen LogP contribution in [0.5, 0.6) is 11.6 Å². The summed E-state index contributed by atoms with van der Waals surface area (Å²) >= 11 is 0. The average Bonchev–Trinajstić information content (AvgIpc) is 2.98. The average molecular weight is 367 g/mol. The highest BCUT2D eigenvalue weighted by atomic mass is 19.4. The number of hydrogen-bond donors (Lipinski definition) is 0. The van der Waals surface area contributed by atoms with Crippen LogP contribution in [0.15, 0.2) is 24.3 Å². The van der Waals surface area contributed by atoms with E-state index in [1.165, 1.54) is 19.1 Å². The molecule has 0 saturated heterocycles. The molecule has 26 heavy (non-hydrogen) atoms.